The van der Waals surface area contributed by atoms with Crippen molar-refractivity contribution in [3.8, 4) is 11.5 Å². The van der Waals surface area contributed by atoms with Gasteiger partial charge in [-0.15, -0.1) is 0 Å². The van der Waals surface area contributed by atoms with Gasteiger partial charge in [0, 0.05) is 10.0 Å². The Hall–Kier alpha value is -1.67. The van der Waals surface area contributed by atoms with Gasteiger partial charge < -0.3 is 9.47 Å². The number of hydrogen-bond donors (Lipinski definition) is 2. The number of rotatable bonds is 6. The molecule has 0 heterocycles. The number of carbonyl (C=O) groups excluding carboxylic acids is 2. The fourth-order valence-corrected chi connectivity index (χ4v) is 3.06. The normalized spacial score (nSPS) is 11.4. The second-order valence-electron chi connectivity index (χ2n) is 5.24. The first kappa shape index (κ1) is 21.6. The number of hydrogen-bond acceptors (Lipinski definition) is 4. The number of amides is 2. The predicted octanol–water partition coefficient (Wildman–Crippen LogP) is 4.40. The Morgan fingerprint density at radius 1 is 1.04 bits per heavy atom. The molecule has 2 aromatic rings. The Balaban J connectivity index is 1.79. The third-order valence-corrected chi connectivity index (χ3v) is 4.53. The van der Waals surface area contributed by atoms with Crippen molar-refractivity contribution in [2.45, 2.75) is 13.0 Å². The highest BCUT2D eigenvalue weighted by atomic mass is 79.9. The fourth-order valence-electron chi connectivity index (χ4n) is 1.82. The zero-order valence-electron chi connectivity index (χ0n) is 13.9. The van der Waals surface area contributed by atoms with Gasteiger partial charge in [-0.3, -0.25) is 20.4 Å². The first-order chi connectivity index (χ1) is 12.8. The van der Waals surface area contributed by atoms with E-state index < -0.39 is 17.9 Å². The summed E-state index contributed by atoms with van der Waals surface area (Å²) in [5.41, 5.74) is 4.48. The van der Waals surface area contributed by atoms with E-state index in [1.54, 1.807) is 24.3 Å². The van der Waals surface area contributed by atoms with Crippen LogP contribution >= 0.6 is 50.7 Å². The van der Waals surface area contributed by atoms with Gasteiger partial charge in [0.15, 0.2) is 12.7 Å². The van der Waals surface area contributed by atoms with E-state index in [2.05, 4.69) is 26.8 Å². The number of halogens is 4. The minimum Gasteiger partial charge on any atom is -0.482 e. The van der Waals surface area contributed by atoms with Gasteiger partial charge >= 0.3 is 0 Å². The van der Waals surface area contributed by atoms with E-state index in [1.165, 1.54) is 19.1 Å². The molecule has 1 unspecified atom stereocenters. The molecular weight excluding hydrogens is 482 g/mol. The maximum absolute atomic E-state index is 12.0. The van der Waals surface area contributed by atoms with Crippen LogP contribution in [0.2, 0.25) is 15.1 Å². The van der Waals surface area contributed by atoms with Gasteiger partial charge in [0.25, 0.3) is 11.8 Å². The number of hydrazine groups is 1. The highest BCUT2D eigenvalue weighted by Gasteiger charge is 2.17. The molecular formula is C17H14BrCl3N2O4. The van der Waals surface area contributed by atoms with Crippen molar-refractivity contribution in [2.24, 2.45) is 0 Å². The highest BCUT2D eigenvalue weighted by Crippen LogP contribution is 2.29. The molecule has 6 nitrogen and oxygen atoms in total. The van der Waals surface area contributed by atoms with Crippen molar-refractivity contribution in [2.75, 3.05) is 6.61 Å². The minimum atomic E-state index is -0.866. The Bertz CT molecular complexity index is 851. The van der Waals surface area contributed by atoms with Crippen LogP contribution in [-0.4, -0.2) is 24.5 Å². The first-order valence-electron chi connectivity index (χ1n) is 7.54. The van der Waals surface area contributed by atoms with Crippen LogP contribution in [0.25, 0.3) is 0 Å². The summed E-state index contributed by atoms with van der Waals surface area (Å²) in [7, 11) is 0. The van der Waals surface area contributed by atoms with Crippen LogP contribution in [0.15, 0.2) is 40.9 Å². The van der Waals surface area contributed by atoms with Crippen LogP contribution in [-0.2, 0) is 9.59 Å². The van der Waals surface area contributed by atoms with Crippen molar-refractivity contribution in [3.63, 3.8) is 0 Å². The molecule has 0 bridgehead atoms. The van der Waals surface area contributed by atoms with Crippen molar-refractivity contribution in [1.29, 1.82) is 0 Å². The molecule has 2 rings (SSSR count). The van der Waals surface area contributed by atoms with Crippen LogP contribution in [0.3, 0.4) is 0 Å². The summed E-state index contributed by atoms with van der Waals surface area (Å²) in [6, 6.07) is 9.51. The summed E-state index contributed by atoms with van der Waals surface area (Å²) in [6.45, 7) is 1.19. The Labute approximate surface area is 179 Å². The monoisotopic (exact) mass is 494 g/mol. The van der Waals surface area contributed by atoms with E-state index in [0.717, 1.165) is 0 Å². The summed E-state index contributed by atoms with van der Waals surface area (Å²) < 4.78 is 11.4. The molecule has 0 radical (unpaired) electrons. The summed E-state index contributed by atoms with van der Waals surface area (Å²) in [4.78, 5) is 23.8. The molecule has 10 heteroatoms. The van der Waals surface area contributed by atoms with Gasteiger partial charge in [0.2, 0.25) is 0 Å². The van der Waals surface area contributed by atoms with Crippen LogP contribution in [0.1, 0.15) is 6.92 Å². The molecule has 2 N–H and O–H groups in total. The largest absolute Gasteiger partial charge is 0.482 e. The topological polar surface area (TPSA) is 76.7 Å². The SMILES string of the molecule is CC(Oc1ccc(Cl)cc1Br)C(=O)NNC(=O)COc1ccc(Cl)cc1Cl. The lowest BCUT2D eigenvalue weighted by molar-refractivity contribution is -0.133. The molecule has 27 heavy (non-hydrogen) atoms. The van der Waals surface area contributed by atoms with E-state index in [1.807, 2.05) is 0 Å². The molecule has 0 aromatic heterocycles. The third-order valence-electron chi connectivity index (χ3n) is 3.14. The zero-order chi connectivity index (χ0) is 20.0. The first-order valence-corrected chi connectivity index (χ1v) is 9.47. The van der Waals surface area contributed by atoms with E-state index in [-0.39, 0.29) is 11.6 Å². The summed E-state index contributed by atoms with van der Waals surface area (Å²) in [5, 5.41) is 1.25. The van der Waals surface area contributed by atoms with Crippen LogP contribution in [0.4, 0.5) is 0 Å². The molecule has 0 saturated carbocycles. The number of carbonyl (C=O) groups is 2. The molecule has 0 aliphatic carbocycles. The molecule has 2 aromatic carbocycles. The smallest absolute Gasteiger partial charge is 0.279 e. The Morgan fingerprint density at radius 3 is 2.30 bits per heavy atom. The molecule has 0 aliphatic heterocycles. The standard InChI is InChI=1S/C17H14BrCl3N2O4/c1-9(27-14-4-2-10(19)6-12(14)18)17(25)23-22-16(24)8-26-15-5-3-11(20)7-13(15)21/h2-7,9H,8H2,1H3,(H,22,24)(H,23,25). The van der Waals surface area contributed by atoms with Crippen LogP contribution in [0, 0.1) is 0 Å². The molecule has 0 fully saturated rings. The van der Waals surface area contributed by atoms with Gasteiger partial charge in [-0.05, 0) is 59.3 Å². The van der Waals surface area contributed by atoms with E-state index in [0.29, 0.717) is 26.0 Å². The van der Waals surface area contributed by atoms with E-state index in [4.69, 9.17) is 44.3 Å². The Kier molecular flexibility index (Phi) is 8.04. The summed E-state index contributed by atoms with van der Waals surface area (Å²) >= 11 is 20.9. The Morgan fingerprint density at radius 2 is 1.67 bits per heavy atom. The highest BCUT2D eigenvalue weighted by molar-refractivity contribution is 9.10. The lowest BCUT2D eigenvalue weighted by Gasteiger charge is -2.16. The van der Waals surface area contributed by atoms with Crippen molar-refractivity contribution < 1.29 is 19.1 Å². The number of benzene rings is 2. The lowest BCUT2D eigenvalue weighted by atomic mass is 10.3. The van der Waals surface area contributed by atoms with E-state index in [9.17, 15) is 9.59 Å². The molecule has 144 valence electrons. The van der Waals surface area contributed by atoms with Gasteiger partial charge in [-0.2, -0.15) is 0 Å². The fraction of sp³-hybridized carbons (Fsp3) is 0.176. The van der Waals surface area contributed by atoms with Gasteiger partial charge in [0.05, 0.1) is 9.50 Å². The second kappa shape index (κ2) is 10.0. The van der Waals surface area contributed by atoms with Crippen LogP contribution < -0.4 is 20.3 Å². The zero-order valence-corrected chi connectivity index (χ0v) is 17.7. The average molecular weight is 497 g/mol. The molecule has 0 saturated heterocycles. The van der Waals surface area contributed by atoms with E-state index >= 15 is 0 Å². The van der Waals surface area contributed by atoms with Crippen molar-refractivity contribution in [3.05, 3.63) is 55.9 Å². The predicted molar refractivity (Wildman–Crippen MR) is 107 cm³/mol. The van der Waals surface area contributed by atoms with Crippen molar-refractivity contribution >= 4 is 62.5 Å². The van der Waals surface area contributed by atoms with Gasteiger partial charge in [-0.25, -0.2) is 0 Å². The second-order valence-corrected chi connectivity index (χ2v) is 7.37. The quantitative estimate of drug-likeness (QED) is 0.581. The molecule has 0 spiro atoms. The number of ether oxygens (including phenoxy) is 2. The molecule has 1 atom stereocenters. The van der Waals surface area contributed by atoms with Gasteiger partial charge in [0.1, 0.15) is 11.5 Å². The van der Waals surface area contributed by atoms with Gasteiger partial charge in [-0.1, -0.05) is 34.8 Å². The van der Waals surface area contributed by atoms with Crippen LogP contribution in [0.5, 0.6) is 11.5 Å². The summed E-state index contributed by atoms with van der Waals surface area (Å²) in [6.07, 6.45) is -0.866. The summed E-state index contributed by atoms with van der Waals surface area (Å²) in [5.74, 6) is -0.384. The lowest BCUT2D eigenvalue weighted by Crippen LogP contribution is -2.48. The maximum Gasteiger partial charge on any atom is 0.279 e. The third kappa shape index (κ3) is 6.77. The molecule has 2 amide bonds. The minimum absolute atomic E-state index is 0.273. The molecule has 0 aliphatic rings. The average Bonchev–Trinajstić information content (AvgIpc) is 2.61. The maximum atomic E-state index is 12.0. The number of nitrogens with one attached hydrogen (secondary N) is 2. The van der Waals surface area contributed by atoms with Crippen molar-refractivity contribution in [1.82, 2.24) is 10.9 Å².